The van der Waals surface area contributed by atoms with E-state index in [9.17, 15) is 9.90 Å². The maximum absolute atomic E-state index is 14.8. The van der Waals surface area contributed by atoms with E-state index in [-0.39, 0.29) is 16.7 Å². The second-order valence-electron chi connectivity index (χ2n) is 13.0. The number of hydrogen-bond donors (Lipinski definition) is 1. The van der Waals surface area contributed by atoms with Crippen LogP contribution in [0.15, 0.2) is 102 Å². The minimum atomic E-state index is -1.44. The van der Waals surface area contributed by atoms with Crippen molar-refractivity contribution < 1.29 is 14.6 Å². The van der Waals surface area contributed by atoms with E-state index >= 15 is 0 Å². The van der Waals surface area contributed by atoms with E-state index in [0.29, 0.717) is 22.9 Å². The van der Waals surface area contributed by atoms with Gasteiger partial charge in [-0.3, -0.25) is 4.79 Å². The molecule has 5 nitrogen and oxygen atoms in total. The van der Waals surface area contributed by atoms with E-state index in [1.54, 1.807) is 0 Å². The molecule has 6 rings (SSSR count). The summed E-state index contributed by atoms with van der Waals surface area (Å²) < 4.78 is 6.85. The van der Waals surface area contributed by atoms with E-state index < -0.39 is 11.5 Å². The molecule has 0 aliphatic carbocycles. The van der Waals surface area contributed by atoms with Crippen molar-refractivity contribution in [2.45, 2.75) is 63.9 Å². The van der Waals surface area contributed by atoms with Gasteiger partial charge in [0.15, 0.2) is 0 Å². The number of carbonyl (C=O) groups excluding carboxylic acids is 1. The molecular weight excluding hydrogens is 508 g/mol. The van der Waals surface area contributed by atoms with E-state index in [1.165, 1.54) is 5.01 Å². The third-order valence-corrected chi connectivity index (χ3v) is 8.10. The first-order valence-corrected chi connectivity index (χ1v) is 14.1. The van der Waals surface area contributed by atoms with Crippen LogP contribution in [0.1, 0.15) is 75.3 Å². The van der Waals surface area contributed by atoms with Crippen molar-refractivity contribution in [3.05, 3.63) is 125 Å². The average molecular weight is 545 g/mol. The standard InChI is InChI=1S/C36H36N2O3/c1-34(2,3)27-21-24(22-28(31(27)39)35(4,5)6)30-26-19-13-14-20-29(26)41-36(30)32(23-15-9-7-10-16-23)37-38(33(36)40)25-17-11-8-12-18-25/h7-22,30,39H,1-6H3/t30?,36-/m1/s1. The van der Waals surface area contributed by atoms with Crippen LogP contribution in [-0.2, 0) is 15.6 Å². The number of phenolic OH excluding ortho intramolecular Hbond substituents is 1. The van der Waals surface area contributed by atoms with Crippen LogP contribution in [0.4, 0.5) is 5.69 Å². The number of benzene rings is 4. The Hall–Kier alpha value is -4.38. The summed E-state index contributed by atoms with van der Waals surface area (Å²) in [5.74, 6) is 0.218. The minimum Gasteiger partial charge on any atom is -0.507 e. The highest BCUT2D eigenvalue weighted by molar-refractivity contribution is 6.29. The van der Waals surface area contributed by atoms with Gasteiger partial charge in [0.2, 0.25) is 5.60 Å². The Balaban J connectivity index is 1.67. The molecule has 0 radical (unpaired) electrons. The molecule has 0 aromatic heterocycles. The number of fused-ring (bicyclic) bond motifs is 1. The molecule has 1 amide bonds. The average Bonchev–Trinajstić information content (AvgIpc) is 3.43. The van der Waals surface area contributed by atoms with Gasteiger partial charge >= 0.3 is 0 Å². The number of anilines is 1. The summed E-state index contributed by atoms with van der Waals surface area (Å²) in [6.45, 7) is 12.6. The molecule has 2 heterocycles. The van der Waals surface area contributed by atoms with Crippen molar-refractivity contribution in [3.63, 3.8) is 0 Å². The quantitative estimate of drug-likeness (QED) is 0.287. The maximum Gasteiger partial charge on any atom is 0.299 e. The molecule has 1 N–H and O–H groups in total. The van der Waals surface area contributed by atoms with Crippen LogP contribution in [-0.4, -0.2) is 22.3 Å². The summed E-state index contributed by atoms with van der Waals surface area (Å²) in [5.41, 5.74) is 3.46. The molecule has 208 valence electrons. The number of phenols is 1. The monoisotopic (exact) mass is 544 g/mol. The van der Waals surface area contributed by atoms with E-state index in [0.717, 1.165) is 27.8 Å². The number of ether oxygens (including phenoxy) is 1. The van der Waals surface area contributed by atoms with Gasteiger partial charge in [-0.1, -0.05) is 120 Å². The first kappa shape index (κ1) is 26.8. The largest absolute Gasteiger partial charge is 0.507 e. The van der Waals surface area contributed by atoms with Gasteiger partial charge in [-0.05, 0) is 45.7 Å². The molecule has 41 heavy (non-hydrogen) atoms. The molecule has 2 atom stereocenters. The normalized spacial score (nSPS) is 20.2. The number of aromatic hydroxyl groups is 1. The Morgan fingerprint density at radius 2 is 1.32 bits per heavy atom. The van der Waals surface area contributed by atoms with Crippen LogP contribution in [0.2, 0.25) is 0 Å². The van der Waals surface area contributed by atoms with Crippen LogP contribution in [0.25, 0.3) is 0 Å². The Morgan fingerprint density at radius 1 is 0.780 bits per heavy atom. The Bertz CT molecular complexity index is 1630. The smallest absolute Gasteiger partial charge is 0.299 e. The fourth-order valence-corrected chi connectivity index (χ4v) is 6.09. The Kier molecular flexibility index (Phi) is 6.11. The lowest BCUT2D eigenvalue weighted by Gasteiger charge is -2.33. The van der Waals surface area contributed by atoms with Crippen molar-refractivity contribution in [3.8, 4) is 11.5 Å². The number of hydrazone groups is 1. The number of nitrogens with zero attached hydrogens (tertiary/aromatic N) is 2. The highest BCUT2D eigenvalue weighted by Crippen LogP contribution is 2.54. The number of amides is 1. The predicted molar refractivity (Wildman–Crippen MR) is 164 cm³/mol. The molecule has 2 aliphatic heterocycles. The fourth-order valence-electron chi connectivity index (χ4n) is 6.09. The highest BCUT2D eigenvalue weighted by Gasteiger charge is 2.64. The van der Waals surface area contributed by atoms with Crippen molar-refractivity contribution in [2.24, 2.45) is 5.10 Å². The zero-order valence-electron chi connectivity index (χ0n) is 24.5. The molecule has 4 aromatic rings. The highest BCUT2D eigenvalue weighted by atomic mass is 16.5. The van der Waals surface area contributed by atoms with E-state index in [2.05, 4.69) is 53.7 Å². The van der Waals surface area contributed by atoms with Gasteiger partial charge in [0.1, 0.15) is 17.2 Å². The van der Waals surface area contributed by atoms with Crippen molar-refractivity contribution >= 4 is 17.3 Å². The summed E-state index contributed by atoms with van der Waals surface area (Å²) in [4.78, 5) is 14.8. The molecule has 1 spiro atoms. The van der Waals surface area contributed by atoms with Gasteiger partial charge in [0, 0.05) is 11.1 Å². The zero-order chi connectivity index (χ0) is 29.2. The molecule has 1 unspecified atom stereocenters. The minimum absolute atomic E-state index is 0.244. The SMILES string of the molecule is CC(C)(C)c1cc(C2c3ccccc3O[C@]23C(=O)N(c2ccccc2)N=C3c2ccccc2)cc(C(C)(C)C)c1O. The molecule has 0 saturated heterocycles. The van der Waals surface area contributed by atoms with Gasteiger partial charge in [0.05, 0.1) is 11.6 Å². The summed E-state index contributed by atoms with van der Waals surface area (Å²) >= 11 is 0. The summed E-state index contributed by atoms with van der Waals surface area (Å²) in [6, 6.07) is 31.3. The van der Waals surface area contributed by atoms with Gasteiger partial charge in [-0.2, -0.15) is 10.1 Å². The fraction of sp³-hybridized carbons (Fsp3) is 0.278. The molecule has 0 saturated carbocycles. The number of hydrogen-bond acceptors (Lipinski definition) is 4. The second kappa shape index (κ2) is 9.34. The molecule has 0 bridgehead atoms. The zero-order valence-corrected chi connectivity index (χ0v) is 24.5. The van der Waals surface area contributed by atoms with Gasteiger partial charge in [-0.25, -0.2) is 0 Å². The van der Waals surface area contributed by atoms with Crippen LogP contribution >= 0.6 is 0 Å². The number of carbonyl (C=O) groups is 1. The molecular formula is C36H36N2O3. The lowest BCUT2D eigenvalue weighted by Crippen LogP contribution is -2.53. The van der Waals surface area contributed by atoms with Crippen molar-refractivity contribution in [2.75, 3.05) is 5.01 Å². The Labute approximate surface area is 242 Å². The van der Waals surface area contributed by atoms with Crippen LogP contribution < -0.4 is 9.75 Å². The predicted octanol–water partition coefficient (Wildman–Crippen LogP) is 7.70. The van der Waals surface area contributed by atoms with Crippen molar-refractivity contribution in [1.29, 1.82) is 0 Å². The molecule has 4 aromatic carbocycles. The molecule has 2 aliphatic rings. The lowest BCUT2D eigenvalue weighted by molar-refractivity contribution is -0.127. The third-order valence-electron chi connectivity index (χ3n) is 8.10. The van der Waals surface area contributed by atoms with E-state index in [1.807, 2.05) is 84.9 Å². The third kappa shape index (κ3) is 4.22. The summed E-state index contributed by atoms with van der Waals surface area (Å²) in [6.07, 6.45) is 0. The summed E-state index contributed by atoms with van der Waals surface area (Å²) in [5, 5.41) is 18.0. The maximum atomic E-state index is 14.8. The topological polar surface area (TPSA) is 62.1 Å². The number of para-hydroxylation sites is 2. The van der Waals surface area contributed by atoms with E-state index in [4.69, 9.17) is 9.84 Å². The van der Waals surface area contributed by atoms with Gasteiger partial charge in [0.25, 0.3) is 5.91 Å². The summed E-state index contributed by atoms with van der Waals surface area (Å²) in [7, 11) is 0. The van der Waals surface area contributed by atoms with Crippen LogP contribution in [0, 0.1) is 0 Å². The Morgan fingerprint density at radius 3 is 1.90 bits per heavy atom. The first-order valence-electron chi connectivity index (χ1n) is 14.1. The second-order valence-corrected chi connectivity index (χ2v) is 13.0. The van der Waals surface area contributed by atoms with Crippen LogP contribution in [0.5, 0.6) is 11.5 Å². The molecule has 5 heteroatoms. The van der Waals surface area contributed by atoms with Gasteiger partial charge < -0.3 is 9.84 Å². The van der Waals surface area contributed by atoms with Crippen LogP contribution in [0.3, 0.4) is 0 Å². The lowest BCUT2D eigenvalue weighted by atomic mass is 9.71. The molecule has 0 fully saturated rings. The number of rotatable bonds is 3. The van der Waals surface area contributed by atoms with Gasteiger partial charge in [-0.15, -0.1) is 0 Å². The first-order chi connectivity index (χ1) is 19.4. The van der Waals surface area contributed by atoms with Crippen molar-refractivity contribution in [1.82, 2.24) is 0 Å².